The molecule has 1 heterocycles. The van der Waals surface area contributed by atoms with Crippen LogP contribution in [0.1, 0.15) is 0 Å². The number of nitro benzene ring substituents is 1. The number of aromatic nitrogens is 2. The monoisotopic (exact) mass is 331 g/mol. The van der Waals surface area contributed by atoms with Gasteiger partial charge in [-0.1, -0.05) is 0 Å². The van der Waals surface area contributed by atoms with Crippen molar-refractivity contribution < 1.29 is 18.1 Å². The van der Waals surface area contributed by atoms with Crippen LogP contribution in [-0.4, -0.2) is 30.2 Å². The highest BCUT2D eigenvalue weighted by Crippen LogP contribution is 2.38. The summed E-state index contributed by atoms with van der Waals surface area (Å²) in [5, 5.41) is 15.0. The Kier molecular flexibility index (Phi) is 3.88. The molecule has 1 aromatic heterocycles. The number of halogens is 1. The number of benzene rings is 1. The molecule has 0 aliphatic carbocycles. The molecule has 2 rings (SSSR count). The average Bonchev–Trinajstić information content (AvgIpc) is 2.82. The quantitative estimate of drug-likeness (QED) is 0.481. The molecular weight excluding hydrogens is 322 g/mol. The first kappa shape index (κ1) is 15.3. The maximum Gasteiger partial charge on any atom is 0.311 e. The topological polar surface area (TPSA) is 104 Å². The summed E-state index contributed by atoms with van der Waals surface area (Å²) in [5.74, 6) is -0.188. The van der Waals surface area contributed by atoms with Crippen LogP contribution in [0.2, 0.25) is 0 Å². The summed E-state index contributed by atoms with van der Waals surface area (Å²) in [6.45, 7) is 0. The van der Waals surface area contributed by atoms with Crippen LogP contribution in [0.3, 0.4) is 0 Å². The minimum absolute atomic E-state index is 0.0885. The minimum atomic E-state index is -4.11. The first-order valence-corrected chi connectivity index (χ1v) is 7.85. The highest BCUT2D eigenvalue weighted by atomic mass is 35.7. The fourth-order valence-electron chi connectivity index (χ4n) is 1.84. The number of ether oxygens (including phenoxy) is 1. The van der Waals surface area contributed by atoms with E-state index in [2.05, 4.69) is 5.10 Å². The Morgan fingerprint density at radius 2 is 2.10 bits per heavy atom. The zero-order chi connectivity index (χ0) is 15.8. The molecule has 0 aliphatic rings. The third-order valence-electron chi connectivity index (χ3n) is 2.76. The molecule has 0 unspecified atom stereocenters. The Hall–Kier alpha value is -2.13. The second kappa shape index (κ2) is 5.34. The fourth-order valence-corrected chi connectivity index (χ4v) is 2.91. The molecule has 0 bridgehead atoms. The molecule has 0 aliphatic heterocycles. The van der Waals surface area contributed by atoms with Gasteiger partial charge >= 0.3 is 5.69 Å². The summed E-state index contributed by atoms with van der Waals surface area (Å²) in [7, 11) is 4.13. The van der Waals surface area contributed by atoms with Crippen LogP contribution in [0.4, 0.5) is 5.69 Å². The van der Waals surface area contributed by atoms with Crippen molar-refractivity contribution >= 4 is 25.4 Å². The molecule has 10 heteroatoms. The van der Waals surface area contributed by atoms with E-state index in [-0.39, 0.29) is 21.9 Å². The van der Waals surface area contributed by atoms with Gasteiger partial charge in [0.15, 0.2) is 5.75 Å². The SMILES string of the molecule is COc1cc(S(=O)(=O)Cl)c(-c2cnn(C)c2)cc1[N+](=O)[O-]. The third kappa shape index (κ3) is 2.98. The standard InChI is InChI=1S/C11H10ClN3O5S/c1-14-6-7(5-13-14)8-3-9(15(16)17)10(20-2)4-11(8)21(12,18)19/h3-6H,1-2H3. The third-order valence-corrected chi connectivity index (χ3v) is 4.12. The van der Waals surface area contributed by atoms with Crippen molar-refractivity contribution in [3.63, 3.8) is 0 Å². The van der Waals surface area contributed by atoms with Gasteiger partial charge < -0.3 is 4.74 Å². The predicted molar refractivity (Wildman–Crippen MR) is 74.9 cm³/mol. The van der Waals surface area contributed by atoms with E-state index in [0.717, 1.165) is 12.1 Å². The van der Waals surface area contributed by atoms with Crippen LogP contribution >= 0.6 is 10.7 Å². The van der Waals surface area contributed by atoms with E-state index in [1.54, 1.807) is 7.05 Å². The predicted octanol–water partition coefficient (Wildman–Crippen LogP) is 1.93. The number of nitro groups is 1. The molecule has 112 valence electrons. The number of hydrogen-bond acceptors (Lipinski definition) is 6. The molecule has 21 heavy (non-hydrogen) atoms. The maximum absolute atomic E-state index is 11.7. The molecular formula is C11H10ClN3O5S. The molecule has 0 N–H and O–H groups in total. The van der Waals surface area contributed by atoms with E-state index in [1.807, 2.05) is 0 Å². The Labute approximate surface area is 124 Å². The lowest BCUT2D eigenvalue weighted by Crippen LogP contribution is -2.00. The number of hydrogen-bond donors (Lipinski definition) is 0. The molecule has 0 atom stereocenters. The lowest BCUT2D eigenvalue weighted by atomic mass is 10.1. The number of rotatable bonds is 4. The van der Waals surface area contributed by atoms with Gasteiger partial charge in [0.2, 0.25) is 0 Å². The van der Waals surface area contributed by atoms with Gasteiger partial charge in [0.05, 0.1) is 23.1 Å². The van der Waals surface area contributed by atoms with Crippen molar-refractivity contribution in [1.29, 1.82) is 0 Å². The largest absolute Gasteiger partial charge is 0.490 e. The smallest absolute Gasteiger partial charge is 0.311 e. The highest BCUT2D eigenvalue weighted by Gasteiger charge is 2.26. The summed E-state index contributed by atoms with van der Waals surface area (Å²) in [4.78, 5) is 10.1. The van der Waals surface area contributed by atoms with E-state index in [4.69, 9.17) is 15.4 Å². The van der Waals surface area contributed by atoms with Crippen LogP contribution in [0.15, 0.2) is 29.4 Å². The van der Waals surface area contributed by atoms with Gasteiger partial charge in [0.1, 0.15) is 0 Å². The number of methoxy groups -OCH3 is 1. The van der Waals surface area contributed by atoms with Crippen LogP contribution in [0.25, 0.3) is 11.1 Å². The first-order valence-electron chi connectivity index (χ1n) is 5.54. The van der Waals surface area contributed by atoms with Crippen LogP contribution in [0.5, 0.6) is 5.75 Å². The van der Waals surface area contributed by atoms with Gasteiger partial charge in [-0.05, 0) is 0 Å². The number of nitrogens with zero attached hydrogens (tertiary/aromatic N) is 3. The summed E-state index contributed by atoms with van der Waals surface area (Å²) in [5.41, 5.74) is 0.119. The van der Waals surface area contributed by atoms with Crippen molar-refractivity contribution in [2.24, 2.45) is 7.05 Å². The first-order chi connectivity index (χ1) is 9.74. The molecule has 0 spiro atoms. The van der Waals surface area contributed by atoms with E-state index >= 15 is 0 Å². The Morgan fingerprint density at radius 3 is 2.52 bits per heavy atom. The summed E-state index contributed by atoms with van der Waals surface area (Å²) < 4.78 is 29.7. The highest BCUT2D eigenvalue weighted by molar-refractivity contribution is 8.13. The molecule has 0 saturated carbocycles. The minimum Gasteiger partial charge on any atom is -0.490 e. The Balaban J connectivity index is 2.83. The molecule has 2 aromatic rings. The lowest BCUT2D eigenvalue weighted by Gasteiger charge is -2.08. The maximum atomic E-state index is 11.7. The van der Waals surface area contributed by atoms with Crippen molar-refractivity contribution in [1.82, 2.24) is 9.78 Å². The van der Waals surface area contributed by atoms with Crippen molar-refractivity contribution in [2.75, 3.05) is 7.11 Å². The lowest BCUT2D eigenvalue weighted by molar-refractivity contribution is -0.385. The fraction of sp³-hybridized carbons (Fsp3) is 0.182. The van der Waals surface area contributed by atoms with Crippen molar-refractivity contribution in [3.8, 4) is 16.9 Å². The zero-order valence-corrected chi connectivity index (χ0v) is 12.6. The van der Waals surface area contributed by atoms with E-state index in [1.165, 1.54) is 24.2 Å². The molecule has 0 fully saturated rings. The Bertz CT molecular complexity index is 815. The summed E-state index contributed by atoms with van der Waals surface area (Å²) in [6.07, 6.45) is 2.91. The normalized spacial score (nSPS) is 11.4. The van der Waals surface area contributed by atoms with Gasteiger partial charge in [-0.2, -0.15) is 5.10 Å². The van der Waals surface area contributed by atoms with Gasteiger partial charge in [-0.25, -0.2) is 8.42 Å². The van der Waals surface area contributed by atoms with Gasteiger partial charge in [0, 0.05) is 47.2 Å². The molecule has 0 saturated heterocycles. The second-order valence-electron chi connectivity index (χ2n) is 4.12. The molecule has 8 nitrogen and oxygen atoms in total. The molecule has 1 aromatic carbocycles. The molecule has 0 radical (unpaired) electrons. The van der Waals surface area contributed by atoms with Gasteiger partial charge in [-0.15, -0.1) is 0 Å². The summed E-state index contributed by atoms with van der Waals surface area (Å²) in [6, 6.07) is 2.13. The Morgan fingerprint density at radius 1 is 1.43 bits per heavy atom. The number of aryl methyl sites for hydroxylation is 1. The van der Waals surface area contributed by atoms with Crippen molar-refractivity contribution in [3.05, 3.63) is 34.6 Å². The average molecular weight is 332 g/mol. The van der Waals surface area contributed by atoms with Gasteiger partial charge in [0.25, 0.3) is 9.05 Å². The van der Waals surface area contributed by atoms with E-state index in [0.29, 0.717) is 5.56 Å². The summed E-state index contributed by atoms with van der Waals surface area (Å²) >= 11 is 0. The van der Waals surface area contributed by atoms with E-state index < -0.39 is 14.0 Å². The van der Waals surface area contributed by atoms with E-state index in [9.17, 15) is 18.5 Å². The van der Waals surface area contributed by atoms with Crippen molar-refractivity contribution in [2.45, 2.75) is 4.90 Å². The van der Waals surface area contributed by atoms with Crippen LogP contribution in [0, 0.1) is 10.1 Å². The second-order valence-corrected chi connectivity index (χ2v) is 6.65. The van der Waals surface area contributed by atoms with Crippen LogP contribution < -0.4 is 4.74 Å². The van der Waals surface area contributed by atoms with Crippen LogP contribution in [-0.2, 0) is 16.1 Å². The molecule has 0 amide bonds. The zero-order valence-electron chi connectivity index (χ0n) is 11.0. The van der Waals surface area contributed by atoms with Gasteiger partial charge in [-0.3, -0.25) is 14.8 Å².